The van der Waals surface area contributed by atoms with Gasteiger partial charge in [-0.15, -0.1) is 0 Å². The third kappa shape index (κ3) is 2.49. The van der Waals surface area contributed by atoms with Crippen molar-refractivity contribution in [3.05, 3.63) is 66.6 Å². The maximum Gasteiger partial charge on any atom is 0.264 e. The molecule has 0 unspecified atom stereocenters. The molecule has 4 aromatic rings. The van der Waals surface area contributed by atoms with E-state index in [1.54, 1.807) is 48.5 Å². The Bertz CT molecular complexity index is 1250. The maximum absolute atomic E-state index is 12.9. The van der Waals surface area contributed by atoms with E-state index in [1.807, 2.05) is 6.07 Å². The monoisotopic (exact) mass is 349 g/mol. The number of nitriles is 1. The van der Waals surface area contributed by atoms with Crippen molar-refractivity contribution >= 4 is 37.6 Å². The molecule has 0 aliphatic carbocycles. The number of nitrogens with zero attached hydrogens (tertiary/aromatic N) is 2. The van der Waals surface area contributed by atoms with Crippen LogP contribution < -0.4 is 4.72 Å². The van der Waals surface area contributed by atoms with Crippen LogP contribution in [0.4, 0.5) is 5.69 Å². The highest BCUT2D eigenvalue weighted by Gasteiger charge is 2.23. The summed E-state index contributed by atoms with van der Waals surface area (Å²) in [6, 6.07) is 17.2. The Kier molecular flexibility index (Phi) is 3.41. The second kappa shape index (κ2) is 5.61. The van der Waals surface area contributed by atoms with Crippen molar-refractivity contribution in [2.24, 2.45) is 0 Å². The first-order valence-electron chi connectivity index (χ1n) is 7.38. The quantitative estimate of drug-likeness (QED) is 0.609. The first-order chi connectivity index (χ1) is 12.1. The van der Waals surface area contributed by atoms with E-state index in [-0.39, 0.29) is 16.3 Å². The zero-order valence-electron chi connectivity index (χ0n) is 12.8. The fourth-order valence-electron chi connectivity index (χ4n) is 2.71. The van der Waals surface area contributed by atoms with Crippen LogP contribution >= 0.6 is 0 Å². The first kappa shape index (κ1) is 15.2. The standard InChI is InChI=1S/C18H11N3O3S/c19-11-15-18(13-7-1-2-8-14(13)24-15)21-25(22,23)16-9-3-5-12-6-4-10-20-17(12)16/h1-10,21H. The summed E-state index contributed by atoms with van der Waals surface area (Å²) in [4.78, 5) is 4.22. The number of pyridine rings is 1. The number of hydrogen-bond donors (Lipinski definition) is 1. The number of sulfonamides is 1. The van der Waals surface area contributed by atoms with Crippen LogP contribution in [0.3, 0.4) is 0 Å². The predicted octanol–water partition coefficient (Wildman–Crippen LogP) is 3.65. The van der Waals surface area contributed by atoms with Crippen molar-refractivity contribution in [1.82, 2.24) is 4.98 Å². The fraction of sp³-hybridized carbons (Fsp3) is 0. The number of anilines is 1. The zero-order valence-corrected chi connectivity index (χ0v) is 13.6. The van der Waals surface area contributed by atoms with Gasteiger partial charge in [-0.05, 0) is 24.3 Å². The molecule has 0 atom stereocenters. The molecule has 0 bridgehead atoms. The van der Waals surface area contributed by atoms with E-state index >= 15 is 0 Å². The third-order valence-electron chi connectivity index (χ3n) is 3.82. The van der Waals surface area contributed by atoms with Crippen LogP contribution in [0, 0.1) is 11.3 Å². The number of benzene rings is 2. The molecule has 0 saturated carbocycles. The minimum absolute atomic E-state index is 0.0415. The van der Waals surface area contributed by atoms with Crippen molar-refractivity contribution in [1.29, 1.82) is 5.26 Å². The molecule has 0 spiro atoms. The Morgan fingerprint density at radius 3 is 2.68 bits per heavy atom. The molecule has 122 valence electrons. The Labute approximate surface area is 143 Å². The molecule has 0 amide bonds. The summed E-state index contributed by atoms with van der Waals surface area (Å²) in [6.07, 6.45) is 1.54. The lowest BCUT2D eigenvalue weighted by Crippen LogP contribution is -2.14. The minimum atomic E-state index is -3.96. The van der Waals surface area contributed by atoms with Crippen LogP contribution in [0.2, 0.25) is 0 Å². The van der Waals surface area contributed by atoms with Gasteiger partial charge in [0.1, 0.15) is 22.2 Å². The lowest BCUT2D eigenvalue weighted by molar-refractivity contribution is 0.595. The topological polar surface area (TPSA) is 96.0 Å². The second-order valence-electron chi connectivity index (χ2n) is 5.35. The summed E-state index contributed by atoms with van der Waals surface area (Å²) < 4.78 is 33.7. The van der Waals surface area contributed by atoms with Gasteiger partial charge in [-0.25, -0.2) is 8.42 Å². The molecular weight excluding hydrogens is 338 g/mol. The predicted molar refractivity (Wildman–Crippen MR) is 93.5 cm³/mol. The summed E-state index contributed by atoms with van der Waals surface area (Å²) in [5.41, 5.74) is 0.933. The third-order valence-corrected chi connectivity index (χ3v) is 5.20. The molecule has 2 aromatic heterocycles. The van der Waals surface area contributed by atoms with Crippen LogP contribution in [0.1, 0.15) is 5.76 Å². The Morgan fingerprint density at radius 1 is 1.04 bits per heavy atom. The van der Waals surface area contributed by atoms with Crippen molar-refractivity contribution in [3.63, 3.8) is 0 Å². The number of rotatable bonds is 3. The number of furan rings is 1. The maximum atomic E-state index is 12.9. The molecule has 6 nitrogen and oxygen atoms in total. The summed E-state index contributed by atoms with van der Waals surface area (Å²) in [5, 5.41) is 10.5. The molecule has 0 fully saturated rings. The van der Waals surface area contributed by atoms with E-state index in [2.05, 4.69) is 9.71 Å². The van der Waals surface area contributed by atoms with Gasteiger partial charge in [0, 0.05) is 17.0 Å². The molecule has 0 aliphatic heterocycles. The van der Waals surface area contributed by atoms with Gasteiger partial charge in [0.15, 0.2) is 0 Å². The van der Waals surface area contributed by atoms with Gasteiger partial charge in [0.05, 0.1) is 5.52 Å². The molecule has 2 heterocycles. The fourth-order valence-corrected chi connectivity index (χ4v) is 3.97. The SMILES string of the molecule is N#Cc1oc2ccccc2c1NS(=O)(=O)c1cccc2cccnc12. The van der Waals surface area contributed by atoms with E-state index in [0.29, 0.717) is 21.9 Å². The number of fused-ring (bicyclic) bond motifs is 2. The van der Waals surface area contributed by atoms with E-state index in [4.69, 9.17) is 4.42 Å². The number of hydrogen-bond acceptors (Lipinski definition) is 5. The van der Waals surface area contributed by atoms with Gasteiger partial charge in [-0.3, -0.25) is 9.71 Å². The van der Waals surface area contributed by atoms with E-state index in [0.717, 1.165) is 0 Å². The van der Waals surface area contributed by atoms with Crippen molar-refractivity contribution < 1.29 is 12.8 Å². The second-order valence-corrected chi connectivity index (χ2v) is 7.00. The van der Waals surface area contributed by atoms with Crippen LogP contribution in [0.15, 0.2) is 70.1 Å². The average Bonchev–Trinajstić information content (AvgIpc) is 2.98. The molecule has 1 N–H and O–H groups in total. The normalized spacial score (nSPS) is 11.5. The lowest BCUT2D eigenvalue weighted by atomic mass is 10.2. The lowest BCUT2D eigenvalue weighted by Gasteiger charge is -2.09. The molecular formula is C18H11N3O3S. The first-order valence-corrected chi connectivity index (χ1v) is 8.87. The molecule has 4 rings (SSSR count). The van der Waals surface area contributed by atoms with Crippen LogP contribution in [0.25, 0.3) is 21.9 Å². The highest BCUT2D eigenvalue weighted by molar-refractivity contribution is 7.93. The Balaban J connectivity index is 1.89. The van der Waals surface area contributed by atoms with Gasteiger partial charge >= 0.3 is 0 Å². The summed E-state index contributed by atoms with van der Waals surface area (Å²) in [5.74, 6) is -0.0852. The molecule has 25 heavy (non-hydrogen) atoms. The largest absolute Gasteiger partial charge is 0.443 e. The van der Waals surface area contributed by atoms with Crippen LogP contribution in [-0.2, 0) is 10.0 Å². The highest BCUT2D eigenvalue weighted by Crippen LogP contribution is 2.32. The van der Waals surface area contributed by atoms with Gasteiger partial charge in [-0.2, -0.15) is 5.26 Å². The molecule has 0 aliphatic rings. The van der Waals surface area contributed by atoms with Crippen LogP contribution in [-0.4, -0.2) is 13.4 Å². The van der Waals surface area contributed by atoms with Crippen molar-refractivity contribution in [2.45, 2.75) is 4.90 Å². The summed E-state index contributed by atoms with van der Waals surface area (Å²) >= 11 is 0. The van der Waals surface area contributed by atoms with Crippen molar-refractivity contribution in [2.75, 3.05) is 4.72 Å². The molecule has 0 saturated heterocycles. The average molecular weight is 349 g/mol. The van der Waals surface area contributed by atoms with Crippen LogP contribution in [0.5, 0.6) is 0 Å². The molecule has 7 heteroatoms. The van der Waals surface area contributed by atoms with Gasteiger partial charge < -0.3 is 4.42 Å². The van der Waals surface area contributed by atoms with Gasteiger partial charge in [0.25, 0.3) is 10.0 Å². The van der Waals surface area contributed by atoms with E-state index < -0.39 is 10.0 Å². The highest BCUT2D eigenvalue weighted by atomic mass is 32.2. The molecule has 2 aromatic carbocycles. The minimum Gasteiger partial charge on any atom is -0.443 e. The smallest absolute Gasteiger partial charge is 0.264 e. The van der Waals surface area contributed by atoms with Crippen molar-refractivity contribution in [3.8, 4) is 6.07 Å². The summed E-state index contributed by atoms with van der Waals surface area (Å²) in [6.45, 7) is 0. The molecule has 0 radical (unpaired) electrons. The Hall–Kier alpha value is -3.37. The number of aromatic nitrogens is 1. The summed E-state index contributed by atoms with van der Waals surface area (Å²) in [7, 11) is -3.96. The number of para-hydroxylation sites is 2. The Morgan fingerprint density at radius 2 is 1.84 bits per heavy atom. The number of nitrogens with one attached hydrogen (secondary N) is 1. The van der Waals surface area contributed by atoms with Gasteiger partial charge in [-0.1, -0.05) is 30.3 Å². The van der Waals surface area contributed by atoms with Gasteiger partial charge in [0.2, 0.25) is 5.76 Å². The zero-order chi connectivity index (χ0) is 17.4. The van der Waals surface area contributed by atoms with E-state index in [1.165, 1.54) is 12.3 Å². The van der Waals surface area contributed by atoms with E-state index in [9.17, 15) is 13.7 Å².